The molecule has 1 saturated heterocycles. The standard InChI is InChI=1S/C17H20ClN3O2/c1-11(2)16-15(17(23)20-7-6-14(22)10-20)9-19-21(16)13-5-3-4-12(18)8-13/h3-5,8-9,11,14,22H,6-7,10H2,1-2H3/t14-/m0/s1. The highest BCUT2D eigenvalue weighted by Gasteiger charge is 2.29. The molecule has 3 rings (SSSR count). The minimum absolute atomic E-state index is 0.0708. The molecule has 0 saturated carbocycles. The Labute approximate surface area is 140 Å². The van der Waals surface area contributed by atoms with Gasteiger partial charge in [0.15, 0.2) is 0 Å². The minimum Gasteiger partial charge on any atom is -0.391 e. The van der Waals surface area contributed by atoms with Crippen LogP contribution in [0.3, 0.4) is 0 Å². The second-order valence-electron chi connectivity index (χ2n) is 6.18. The molecule has 0 radical (unpaired) electrons. The maximum Gasteiger partial charge on any atom is 0.257 e. The molecule has 1 N–H and O–H groups in total. The Hall–Kier alpha value is -1.85. The lowest BCUT2D eigenvalue weighted by Gasteiger charge is -2.18. The number of hydrogen-bond acceptors (Lipinski definition) is 3. The number of benzene rings is 1. The highest BCUT2D eigenvalue weighted by molar-refractivity contribution is 6.30. The van der Waals surface area contributed by atoms with Gasteiger partial charge in [-0.15, -0.1) is 0 Å². The Morgan fingerprint density at radius 1 is 1.43 bits per heavy atom. The molecule has 1 atom stereocenters. The van der Waals surface area contributed by atoms with Crippen molar-refractivity contribution in [3.05, 3.63) is 46.7 Å². The van der Waals surface area contributed by atoms with E-state index in [0.29, 0.717) is 30.1 Å². The van der Waals surface area contributed by atoms with Crippen LogP contribution in [0, 0.1) is 0 Å². The zero-order chi connectivity index (χ0) is 16.6. The number of nitrogens with zero attached hydrogens (tertiary/aromatic N) is 3. The van der Waals surface area contributed by atoms with Crippen molar-refractivity contribution >= 4 is 17.5 Å². The monoisotopic (exact) mass is 333 g/mol. The van der Waals surface area contributed by atoms with Crippen molar-refractivity contribution < 1.29 is 9.90 Å². The molecule has 0 unspecified atom stereocenters. The Balaban J connectivity index is 2.01. The van der Waals surface area contributed by atoms with Crippen LogP contribution in [0.5, 0.6) is 0 Å². The van der Waals surface area contributed by atoms with Crippen LogP contribution in [0.2, 0.25) is 5.02 Å². The summed E-state index contributed by atoms with van der Waals surface area (Å²) in [4.78, 5) is 14.5. The summed E-state index contributed by atoms with van der Waals surface area (Å²) in [6, 6.07) is 7.41. The molecule has 1 aliphatic rings. The first-order chi connectivity index (χ1) is 11.0. The molecule has 0 bridgehead atoms. The lowest BCUT2D eigenvalue weighted by Crippen LogP contribution is -2.30. The number of halogens is 1. The topological polar surface area (TPSA) is 58.4 Å². The fourth-order valence-electron chi connectivity index (χ4n) is 2.99. The number of carbonyl (C=O) groups excluding carboxylic acids is 1. The SMILES string of the molecule is CC(C)c1c(C(=O)N2CC[C@H](O)C2)cnn1-c1cccc(Cl)c1. The molecule has 1 amide bonds. The van der Waals surface area contributed by atoms with Gasteiger partial charge in [-0.3, -0.25) is 4.79 Å². The van der Waals surface area contributed by atoms with E-state index in [9.17, 15) is 9.90 Å². The van der Waals surface area contributed by atoms with E-state index in [2.05, 4.69) is 5.10 Å². The summed E-state index contributed by atoms with van der Waals surface area (Å²) < 4.78 is 1.77. The summed E-state index contributed by atoms with van der Waals surface area (Å²) in [7, 11) is 0. The summed E-state index contributed by atoms with van der Waals surface area (Å²) in [5.41, 5.74) is 2.29. The third-order valence-electron chi connectivity index (χ3n) is 4.09. The van der Waals surface area contributed by atoms with E-state index < -0.39 is 6.10 Å². The van der Waals surface area contributed by atoms with Crippen molar-refractivity contribution in [1.29, 1.82) is 0 Å². The largest absolute Gasteiger partial charge is 0.391 e. The molecule has 1 fully saturated rings. The molecule has 23 heavy (non-hydrogen) atoms. The van der Waals surface area contributed by atoms with E-state index >= 15 is 0 Å². The second kappa shape index (κ2) is 6.34. The summed E-state index contributed by atoms with van der Waals surface area (Å²) in [6.07, 6.45) is 1.82. The van der Waals surface area contributed by atoms with E-state index in [1.54, 1.807) is 21.8 Å². The first-order valence-electron chi connectivity index (χ1n) is 7.78. The normalized spacial score (nSPS) is 18.0. The Bertz CT molecular complexity index is 726. The molecular formula is C17H20ClN3O2. The van der Waals surface area contributed by atoms with Crippen LogP contribution < -0.4 is 0 Å². The molecule has 2 aromatic rings. The Kier molecular flexibility index (Phi) is 4.41. The number of carbonyl (C=O) groups is 1. The van der Waals surface area contributed by atoms with Crippen LogP contribution in [0.4, 0.5) is 0 Å². The molecule has 122 valence electrons. The molecule has 1 aromatic heterocycles. The number of β-amino-alcohol motifs (C(OH)–C–C–N with tert-alkyl or cyclic N) is 1. The van der Waals surface area contributed by atoms with Crippen LogP contribution in [-0.4, -0.2) is 44.9 Å². The van der Waals surface area contributed by atoms with Crippen LogP contribution in [0.1, 0.15) is 42.2 Å². The molecule has 2 heterocycles. The van der Waals surface area contributed by atoms with Gasteiger partial charge in [0, 0.05) is 18.1 Å². The summed E-state index contributed by atoms with van der Waals surface area (Å²) >= 11 is 6.07. The number of hydrogen-bond donors (Lipinski definition) is 1. The molecule has 5 nitrogen and oxygen atoms in total. The minimum atomic E-state index is -0.426. The second-order valence-corrected chi connectivity index (χ2v) is 6.62. The molecule has 0 aliphatic carbocycles. The molecule has 1 aliphatic heterocycles. The van der Waals surface area contributed by atoms with Gasteiger partial charge < -0.3 is 10.0 Å². The summed E-state index contributed by atoms with van der Waals surface area (Å²) in [6.45, 7) is 5.04. The van der Waals surface area contributed by atoms with Crippen molar-refractivity contribution in [3.63, 3.8) is 0 Å². The number of rotatable bonds is 3. The molecule has 0 spiro atoms. The van der Waals surface area contributed by atoms with Crippen LogP contribution in [-0.2, 0) is 0 Å². The van der Waals surface area contributed by atoms with Crippen LogP contribution in [0.25, 0.3) is 5.69 Å². The summed E-state index contributed by atoms with van der Waals surface area (Å²) in [5, 5.41) is 14.7. The zero-order valence-corrected chi connectivity index (χ0v) is 14.0. The van der Waals surface area contributed by atoms with Gasteiger partial charge in [0.2, 0.25) is 0 Å². The van der Waals surface area contributed by atoms with Crippen LogP contribution >= 0.6 is 11.6 Å². The number of aliphatic hydroxyl groups excluding tert-OH is 1. The highest BCUT2D eigenvalue weighted by atomic mass is 35.5. The predicted molar refractivity (Wildman–Crippen MR) is 89.2 cm³/mol. The van der Waals surface area contributed by atoms with Gasteiger partial charge in [-0.2, -0.15) is 5.10 Å². The highest BCUT2D eigenvalue weighted by Crippen LogP contribution is 2.26. The number of aliphatic hydroxyl groups is 1. The van der Waals surface area contributed by atoms with E-state index in [1.165, 1.54) is 0 Å². The van der Waals surface area contributed by atoms with Gasteiger partial charge in [0.1, 0.15) is 0 Å². The smallest absolute Gasteiger partial charge is 0.257 e. The Morgan fingerprint density at radius 2 is 2.22 bits per heavy atom. The van der Waals surface area contributed by atoms with Gasteiger partial charge in [-0.05, 0) is 30.5 Å². The van der Waals surface area contributed by atoms with Crippen molar-refractivity contribution in [1.82, 2.24) is 14.7 Å². The quantitative estimate of drug-likeness (QED) is 0.939. The van der Waals surface area contributed by atoms with E-state index in [4.69, 9.17) is 11.6 Å². The fraction of sp³-hybridized carbons (Fsp3) is 0.412. The number of likely N-dealkylation sites (tertiary alicyclic amines) is 1. The third kappa shape index (κ3) is 3.12. The van der Waals surface area contributed by atoms with Gasteiger partial charge in [0.25, 0.3) is 5.91 Å². The third-order valence-corrected chi connectivity index (χ3v) is 4.32. The van der Waals surface area contributed by atoms with Crippen molar-refractivity contribution in [2.45, 2.75) is 32.3 Å². The van der Waals surface area contributed by atoms with Crippen molar-refractivity contribution in [3.8, 4) is 5.69 Å². The maximum atomic E-state index is 12.8. The predicted octanol–water partition coefficient (Wildman–Crippen LogP) is 2.86. The number of aromatic nitrogens is 2. The number of amides is 1. The molecular weight excluding hydrogens is 314 g/mol. The fourth-order valence-corrected chi connectivity index (χ4v) is 3.17. The van der Waals surface area contributed by atoms with E-state index in [-0.39, 0.29) is 11.8 Å². The zero-order valence-electron chi connectivity index (χ0n) is 13.2. The Morgan fingerprint density at radius 3 is 2.83 bits per heavy atom. The van der Waals surface area contributed by atoms with Crippen molar-refractivity contribution in [2.24, 2.45) is 0 Å². The van der Waals surface area contributed by atoms with E-state index in [0.717, 1.165) is 11.4 Å². The first kappa shape index (κ1) is 16.0. The van der Waals surface area contributed by atoms with Gasteiger partial charge in [-0.1, -0.05) is 31.5 Å². The average Bonchev–Trinajstić information content (AvgIpc) is 3.12. The maximum absolute atomic E-state index is 12.8. The average molecular weight is 334 g/mol. The lowest BCUT2D eigenvalue weighted by atomic mass is 10.0. The molecule has 6 heteroatoms. The van der Waals surface area contributed by atoms with Crippen molar-refractivity contribution in [2.75, 3.05) is 13.1 Å². The van der Waals surface area contributed by atoms with Gasteiger partial charge in [-0.25, -0.2) is 4.68 Å². The van der Waals surface area contributed by atoms with Crippen LogP contribution in [0.15, 0.2) is 30.5 Å². The first-order valence-corrected chi connectivity index (χ1v) is 8.16. The summed E-state index contributed by atoms with van der Waals surface area (Å²) in [5.74, 6) is 0.0569. The van der Waals surface area contributed by atoms with Gasteiger partial charge >= 0.3 is 0 Å². The van der Waals surface area contributed by atoms with E-state index in [1.807, 2.05) is 32.0 Å². The van der Waals surface area contributed by atoms with Gasteiger partial charge in [0.05, 0.1) is 29.2 Å². The molecule has 1 aromatic carbocycles. The lowest BCUT2D eigenvalue weighted by molar-refractivity contribution is 0.0763.